The van der Waals surface area contributed by atoms with E-state index >= 15 is 0 Å². The van der Waals surface area contributed by atoms with Crippen LogP contribution in [0.2, 0.25) is 5.28 Å². The predicted molar refractivity (Wildman–Crippen MR) is 77.7 cm³/mol. The molecule has 7 heteroatoms. The van der Waals surface area contributed by atoms with E-state index in [4.69, 9.17) is 11.6 Å². The van der Waals surface area contributed by atoms with Gasteiger partial charge < -0.3 is 15.5 Å². The summed E-state index contributed by atoms with van der Waals surface area (Å²) >= 11 is 5.90. The van der Waals surface area contributed by atoms with Crippen LogP contribution < -0.4 is 10.6 Å². The van der Waals surface area contributed by atoms with Crippen LogP contribution in [0.25, 0.3) is 0 Å². The standard InChI is InChI=1S/C12H21ClN6/c1-4-14-11-16-10(13)17-12(18-11)15-9-5-6-19(3)8(2)7-9/h8-9H,4-7H2,1-3H3,(H2,14,15,16,17,18). The van der Waals surface area contributed by atoms with Gasteiger partial charge in [-0.05, 0) is 45.3 Å². The van der Waals surface area contributed by atoms with Crippen molar-refractivity contribution in [3.8, 4) is 0 Å². The summed E-state index contributed by atoms with van der Waals surface area (Å²) in [5.74, 6) is 1.07. The highest BCUT2D eigenvalue weighted by molar-refractivity contribution is 6.28. The van der Waals surface area contributed by atoms with Crippen molar-refractivity contribution in [3.05, 3.63) is 5.28 Å². The lowest BCUT2D eigenvalue weighted by Gasteiger charge is -2.35. The molecule has 2 atom stereocenters. The lowest BCUT2D eigenvalue weighted by atomic mass is 9.99. The van der Waals surface area contributed by atoms with E-state index in [1.807, 2.05) is 6.92 Å². The molecule has 2 N–H and O–H groups in total. The lowest BCUT2D eigenvalue weighted by molar-refractivity contribution is 0.190. The number of nitrogens with one attached hydrogen (secondary N) is 2. The van der Waals surface area contributed by atoms with Crippen molar-refractivity contribution in [2.45, 2.75) is 38.8 Å². The van der Waals surface area contributed by atoms with Gasteiger partial charge in [0.1, 0.15) is 0 Å². The van der Waals surface area contributed by atoms with Gasteiger partial charge in [-0.15, -0.1) is 0 Å². The largest absolute Gasteiger partial charge is 0.354 e. The molecule has 1 aromatic heterocycles. The number of hydrogen-bond acceptors (Lipinski definition) is 6. The first-order valence-corrected chi connectivity index (χ1v) is 7.08. The summed E-state index contributed by atoms with van der Waals surface area (Å²) in [5.41, 5.74) is 0. The van der Waals surface area contributed by atoms with Crippen molar-refractivity contribution >= 4 is 23.5 Å². The summed E-state index contributed by atoms with van der Waals surface area (Å²) < 4.78 is 0. The van der Waals surface area contributed by atoms with Crippen molar-refractivity contribution in [2.75, 3.05) is 30.8 Å². The lowest BCUT2D eigenvalue weighted by Crippen LogP contribution is -2.42. The van der Waals surface area contributed by atoms with Crippen LogP contribution in [0.3, 0.4) is 0 Å². The van der Waals surface area contributed by atoms with Gasteiger partial charge in [0.25, 0.3) is 0 Å². The number of likely N-dealkylation sites (tertiary alicyclic amines) is 1. The number of hydrogen-bond donors (Lipinski definition) is 2. The highest BCUT2D eigenvalue weighted by Crippen LogP contribution is 2.19. The summed E-state index contributed by atoms with van der Waals surface area (Å²) in [7, 11) is 2.16. The third-order valence-electron chi connectivity index (χ3n) is 3.48. The second kappa shape index (κ2) is 6.34. The fraction of sp³-hybridized carbons (Fsp3) is 0.750. The molecule has 0 aromatic carbocycles. The van der Waals surface area contributed by atoms with Crippen molar-refractivity contribution in [1.29, 1.82) is 0 Å². The van der Waals surface area contributed by atoms with Gasteiger partial charge in [0.15, 0.2) is 0 Å². The zero-order valence-electron chi connectivity index (χ0n) is 11.6. The maximum Gasteiger partial charge on any atom is 0.229 e. The van der Waals surface area contributed by atoms with Crippen LogP contribution in [-0.4, -0.2) is 52.1 Å². The molecule has 2 rings (SSSR count). The van der Waals surface area contributed by atoms with Crippen LogP contribution in [-0.2, 0) is 0 Å². The highest BCUT2D eigenvalue weighted by Gasteiger charge is 2.23. The molecular formula is C12H21ClN6. The maximum atomic E-state index is 5.90. The topological polar surface area (TPSA) is 66.0 Å². The number of halogens is 1. The van der Waals surface area contributed by atoms with Gasteiger partial charge in [-0.3, -0.25) is 0 Å². The van der Waals surface area contributed by atoms with E-state index in [1.165, 1.54) is 0 Å². The molecule has 1 aromatic rings. The number of aromatic nitrogens is 3. The van der Waals surface area contributed by atoms with Gasteiger partial charge in [-0.1, -0.05) is 0 Å². The molecule has 1 saturated heterocycles. The normalized spacial score (nSPS) is 24.2. The minimum absolute atomic E-state index is 0.217. The molecule has 6 nitrogen and oxygen atoms in total. The molecular weight excluding hydrogens is 264 g/mol. The number of anilines is 2. The smallest absolute Gasteiger partial charge is 0.229 e. The molecule has 1 aliphatic rings. The molecule has 106 valence electrons. The second-order valence-corrected chi connectivity index (χ2v) is 5.32. The molecule has 0 bridgehead atoms. The first-order valence-electron chi connectivity index (χ1n) is 6.70. The Balaban J connectivity index is 2.02. The van der Waals surface area contributed by atoms with E-state index in [0.717, 1.165) is 25.9 Å². The van der Waals surface area contributed by atoms with Gasteiger partial charge in [0.2, 0.25) is 17.2 Å². The number of rotatable bonds is 4. The summed E-state index contributed by atoms with van der Waals surface area (Å²) in [5, 5.41) is 6.62. The first-order chi connectivity index (χ1) is 9.08. The van der Waals surface area contributed by atoms with Crippen LogP contribution in [0.15, 0.2) is 0 Å². The zero-order valence-corrected chi connectivity index (χ0v) is 12.4. The van der Waals surface area contributed by atoms with E-state index < -0.39 is 0 Å². The molecule has 0 saturated carbocycles. The minimum atomic E-state index is 0.217. The maximum absolute atomic E-state index is 5.90. The Labute approximate surface area is 119 Å². The van der Waals surface area contributed by atoms with Crippen molar-refractivity contribution in [2.24, 2.45) is 0 Å². The Morgan fingerprint density at radius 3 is 2.74 bits per heavy atom. The van der Waals surface area contributed by atoms with Crippen LogP contribution >= 0.6 is 11.6 Å². The van der Waals surface area contributed by atoms with E-state index in [9.17, 15) is 0 Å². The molecule has 1 fully saturated rings. The average molecular weight is 285 g/mol. The van der Waals surface area contributed by atoms with Crippen LogP contribution in [0.1, 0.15) is 26.7 Å². The van der Waals surface area contributed by atoms with Crippen LogP contribution in [0.4, 0.5) is 11.9 Å². The van der Waals surface area contributed by atoms with Crippen LogP contribution in [0, 0.1) is 0 Å². The number of piperidine rings is 1. The summed E-state index contributed by atoms with van der Waals surface area (Å²) in [6.45, 7) is 6.06. The van der Waals surface area contributed by atoms with Gasteiger partial charge in [-0.2, -0.15) is 15.0 Å². The van der Waals surface area contributed by atoms with Gasteiger partial charge in [0, 0.05) is 25.2 Å². The molecule has 19 heavy (non-hydrogen) atoms. The summed E-state index contributed by atoms with van der Waals surface area (Å²) in [6, 6.07) is 0.955. The van der Waals surface area contributed by atoms with Crippen molar-refractivity contribution < 1.29 is 0 Å². The molecule has 1 aliphatic heterocycles. The Morgan fingerprint density at radius 2 is 2.05 bits per heavy atom. The molecule has 0 radical (unpaired) electrons. The molecule has 2 unspecified atom stereocenters. The SMILES string of the molecule is CCNc1nc(Cl)nc(NC2CCN(C)C(C)C2)n1. The van der Waals surface area contributed by atoms with E-state index in [0.29, 0.717) is 24.0 Å². The Morgan fingerprint density at radius 1 is 1.32 bits per heavy atom. The highest BCUT2D eigenvalue weighted by atomic mass is 35.5. The van der Waals surface area contributed by atoms with Gasteiger partial charge >= 0.3 is 0 Å². The third-order valence-corrected chi connectivity index (χ3v) is 3.65. The van der Waals surface area contributed by atoms with Crippen molar-refractivity contribution in [1.82, 2.24) is 19.9 Å². The Hall–Kier alpha value is -1.14. The number of nitrogens with zero attached hydrogens (tertiary/aromatic N) is 4. The predicted octanol–water partition coefficient (Wildman–Crippen LogP) is 1.85. The van der Waals surface area contributed by atoms with Crippen LogP contribution in [0.5, 0.6) is 0 Å². The fourth-order valence-corrected chi connectivity index (χ4v) is 2.41. The fourth-order valence-electron chi connectivity index (χ4n) is 2.25. The molecule has 2 heterocycles. The minimum Gasteiger partial charge on any atom is -0.354 e. The third kappa shape index (κ3) is 3.91. The van der Waals surface area contributed by atoms with Gasteiger partial charge in [-0.25, -0.2) is 0 Å². The first kappa shape index (κ1) is 14.3. The molecule has 0 aliphatic carbocycles. The van der Waals surface area contributed by atoms with Crippen molar-refractivity contribution in [3.63, 3.8) is 0 Å². The Bertz CT molecular complexity index is 427. The Kier molecular flexibility index (Phi) is 4.76. The van der Waals surface area contributed by atoms with E-state index in [-0.39, 0.29) is 5.28 Å². The second-order valence-electron chi connectivity index (χ2n) is 4.98. The van der Waals surface area contributed by atoms with Gasteiger partial charge in [0.05, 0.1) is 0 Å². The summed E-state index contributed by atoms with van der Waals surface area (Å²) in [6.07, 6.45) is 2.16. The monoisotopic (exact) mass is 284 g/mol. The van der Waals surface area contributed by atoms with E-state index in [1.54, 1.807) is 0 Å². The summed E-state index contributed by atoms with van der Waals surface area (Å²) in [4.78, 5) is 14.8. The average Bonchev–Trinajstić information content (AvgIpc) is 2.33. The molecule has 0 spiro atoms. The molecule has 0 amide bonds. The quantitative estimate of drug-likeness (QED) is 0.880. The van der Waals surface area contributed by atoms with E-state index in [2.05, 4.69) is 44.5 Å². The zero-order chi connectivity index (χ0) is 13.8.